The third-order valence-electron chi connectivity index (χ3n) is 3.86. The average Bonchev–Trinajstić information content (AvgIpc) is 3.17. The maximum absolute atomic E-state index is 9.03. The van der Waals surface area contributed by atoms with Gasteiger partial charge in [0, 0.05) is 24.4 Å². The summed E-state index contributed by atoms with van der Waals surface area (Å²) in [6.07, 6.45) is 4.65. The highest BCUT2D eigenvalue weighted by atomic mass is 35.5. The van der Waals surface area contributed by atoms with Crippen LogP contribution in [0.5, 0.6) is 0 Å². The van der Waals surface area contributed by atoms with Crippen molar-refractivity contribution in [2.75, 3.05) is 11.9 Å². The van der Waals surface area contributed by atoms with Crippen molar-refractivity contribution in [2.24, 2.45) is 0 Å². The minimum Gasteiger partial charge on any atom is -0.371 e. The summed E-state index contributed by atoms with van der Waals surface area (Å²) < 4.78 is 7.78. The lowest BCUT2D eigenvalue weighted by molar-refractivity contribution is 0.107. The highest BCUT2D eigenvalue weighted by molar-refractivity contribution is 6.31. The topological polar surface area (TPSA) is 75.8 Å². The van der Waals surface area contributed by atoms with E-state index in [1.807, 2.05) is 23.1 Å². The summed E-state index contributed by atoms with van der Waals surface area (Å²) in [5.41, 5.74) is 1.27. The second-order valence-corrected chi connectivity index (χ2v) is 6.22. The lowest BCUT2D eigenvalue weighted by Gasteiger charge is -2.19. The van der Waals surface area contributed by atoms with E-state index in [4.69, 9.17) is 21.6 Å². The third-order valence-corrected chi connectivity index (χ3v) is 4.16. The molecule has 0 amide bonds. The van der Waals surface area contributed by atoms with E-state index >= 15 is 0 Å². The van der Waals surface area contributed by atoms with Gasteiger partial charge in [0.15, 0.2) is 5.69 Å². The van der Waals surface area contributed by atoms with Crippen molar-refractivity contribution in [1.29, 1.82) is 5.26 Å². The second kappa shape index (κ2) is 6.57. The van der Waals surface area contributed by atoms with Crippen molar-refractivity contribution >= 4 is 17.4 Å². The van der Waals surface area contributed by atoms with Crippen LogP contribution in [0.15, 0.2) is 24.5 Å². The minimum atomic E-state index is -0.0782. The van der Waals surface area contributed by atoms with E-state index in [2.05, 4.69) is 29.2 Å². The Morgan fingerprint density at radius 2 is 2.30 bits per heavy atom. The summed E-state index contributed by atoms with van der Waals surface area (Å²) in [7, 11) is 0. The Morgan fingerprint density at radius 1 is 1.48 bits per heavy atom. The molecule has 6 nitrogen and oxygen atoms in total. The van der Waals surface area contributed by atoms with Crippen LogP contribution < -0.4 is 5.32 Å². The van der Waals surface area contributed by atoms with E-state index in [1.54, 1.807) is 12.1 Å². The molecule has 0 spiro atoms. The number of pyridine rings is 1. The Bertz CT molecular complexity index is 736. The van der Waals surface area contributed by atoms with Crippen LogP contribution in [0.25, 0.3) is 0 Å². The molecule has 120 valence electrons. The molecule has 1 fully saturated rings. The molecule has 3 heterocycles. The van der Waals surface area contributed by atoms with Crippen LogP contribution >= 0.6 is 11.6 Å². The zero-order valence-electron chi connectivity index (χ0n) is 13.0. The van der Waals surface area contributed by atoms with Crippen molar-refractivity contribution < 1.29 is 4.74 Å². The fraction of sp³-hybridized carbons (Fsp3) is 0.438. The number of nitriles is 1. The summed E-state index contributed by atoms with van der Waals surface area (Å²) in [6.45, 7) is 4.85. The zero-order valence-corrected chi connectivity index (χ0v) is 13.8. The first-order valence-corrected chi connectivity index (χ1v) is 7.95. The van der Waals surface area contributed by atoms with Gasteiger partial charge in [0.1, 0.15) is 18.0 Å². The number of aromatic nitrogens is 3. The van der Waals surface area contributed by atoms with Gasteiger partial charge in [-0.15, -0.1) is 0 Å². The predicted octanol–water partition coefficient (Wildman–Crippen LogP) is 3.33. The molecule has 23 heavy (non-hydrogen) atoms. The number of nitrogens with one attached hydrogen (secondary N) is 1. The molecule has 0 unspecified atom stereocenters. The first-order chi connectivity index (χ1) is 11.1. The number of halogens is 1. The lowest BCUT2D eigenvalue weighted by atomic mass is 10.1. The Balaban J connectivity index is 1.78. The van der Waals surface area contributed by atoms with E-state index in [0.29, 0.717) is 23.5 Å². The van der Waals surface area contributed by atoms with Gasteiger partial charge in [-0.05, 0) is 32.4 Å². The van der Waals surface area contributed by atoms with E-state index in [9.17, 15) is 0 Å². The summed E-state index contributed by atoms with van der Waals surface area (Å²) in [5, 5.41) is 17.1. The summed E-state index contributed by atoms with van der Waals surface area (Å²) in [4.78, 5) is 4.24. The van der Waals surface area contributed by atoms with Gasteiger partial charge >= 0.3 is 0 Å². The van der Waals surface area contributed by atoms with Crippen LogP contribution in [-0.4, -0.2) is 27.4 Å². The number of ether oxygens (including phenoxy) is 1. The molecule has 2 aromatic heterocycles. The van der Waals surface area contributed by atoms with E-state index < -0.39 is 0 Å². The quantitative estimate of drug-likeness (QED) is 0.930. The molecule has 1 aliphatic rings. The van der Waals surface area contributed by atoms with Gasteiger partial charge in [0.2, 0.25) is 0 Å². The van der Waals surface area contributed by atoms with E-state index in [-0.39, 0.29) is 17.8 Å². The molecule has 0 bridgehead atoms. The summed E-state index contributed by atoms with van der Waals surface area (Å²) in [5.74, 6) is 0.628. The van der Waals surface area contributed by atoms with Gasteiger partial charge in [-0.2, -0.15) is 10.4 Å². The first kappa shape index (κ1) is 15.8. The number of anilines is 1. The van der Waals surface area contributed by atoms with Crippen LogP contribution in [0.3, 0.4) is 0 Å². The maximum Gasteiger partial charge on any atom is 0.161 e. The monoisotopic (exact) mass is 331 g/mol. The number of hydrogen-bond acceptors (Lipinski definition) is 5. The fourth-order valence-electron chi connectivity index (χ4n) is 2.64. The molecule has 7 heteroatoms. The minimum absolute atomic E-state index is 0.0782. The Hall–Kier alpha value is -2.10. The van der Waals surface area contributed by atoms with Gasteiger partial charge in [0.25, 0.3) is 0 Å². The van der Waals surface area contributed by atoms with Gasteiger partial charge in [-0.3, -0.25) is 4.68 Å². The number of nitrogens with zero attached hydrogens (tertiary/aromatic N) is 4. The van der Waals surface area contributed by atoms with Gasteiger partial charge in [-0.1, -0.05) is 11.6 Å². The molecule has 1 aliphatic heterocycles. The van der Waals surface area contributed by atoms with E-state index in [1.165, 1.54) is 0 Å². The normalized spacial score (nSPS) is 20.7. The van der Waals surface area contributed by atoms with Crippen LogP contribution in [0.4, 0.5) is 5.82 Å². The van der Waals surface area contributed by atoms with E-state index in [0.717, 1.165) is 12.0 Å². The van der Waals surface area contributed by atoms with Crippen molar-refractivity contribution in [3.05, 3.63) is 40.8 Å². The largest absolute Gasteiger partial charge is 0.371 e. The van der Waals surface area contributed by atoms with Gasteiger partial charge < -0.3 is 10.1 Å². The first-order valence-electron chi connectivity index (χ1n) is 7.57. The molecule has 2 atom stereocenters. The van der Waals surface area contributed by atoms with Gasteiger partial charge in [0.05, 0.1) is 17.3 Å². The molecule has 3 rings (SSSR count). The third kappa shape index (κ3) is 3.31. The SMILES string of the molecule is CC(C)n1cc([C@H]2OCC[C@@H]2Nc2ccc(Cl)c(C#N)n2)cn1. The molecule has 2 aromatic rings. The molecule has 0 saturated carbocycles. The average molecular weight is 332 g/mol. The Kier molecular flexibility index (Phi) is 4.51. The van der Waals surface area contributed by atoms with Crippen molar-refractivity contribution in [2.45, 2.75) is 38.5 Å². The maximum atomic E-state index is 9.03. The highest BCUT2D eigenvalue weighted by Gasteiger charge is 2.31. The second-order valence-electron chi connectivity index (χ2n) is 5.82. The Morgan fingerprint density at radius 3 is 3.00 bits per heavy atom. The zero-order chi connectivity index (χ0) is 16.4. The molecular weight excluding hydrogens is 314 g/mol. The van der Waals surface area contributed by atoms with Crippen LogP contribution in [0.1, 0.15) is 43.7 Å². The molecule has 1 N–H and O–H groups in total. The van der Waals surface area contributed by atoms with Crippen molar-refractivity contribution in [3.8, 4) is 6.07 Å². The highest BCUT2D eigenvalue weighted by Crippen LogP contribution is 2.31. The van der Waals surface area contributed by atoms with Crippen molar-refractivity contribution in [3.63, 3.8) is 0 Å². The Labute approximate surface area is 140 Å². The van der Waals surface area contributed by atoms with Crippen LogP contribution in [-0.2, 0) is 4.74 Å². The van der Waals surface area contributed by atoms with Crippen LogP contribution in [0, 0.1) is 11.3 Å². The molecule has 0 radical (unpaired) electrons. The van der Waals surface area contributed by atoms with Gasteiger partial charge in [-0.25, -0.2) is 4.98 Å². The smallest absolute Gasteiger partial charge is 0.161 e. The molecule has 1 saturated heterocycles. The standard InChI is InChI=1S/C16H18ClN5O/c1-10(2)22-9-11(8-19-22)16-13(5-6-23-16)20-15-4-3-12(17)14(7-18)21-15/h3-4,8-10,13,16H,5-6H2,1-2H3,(H,20,21)/t13-,16+/m0/s1. The lowest BCUT2D eigenvalue weighted by Crippen LogP contribution is -2.23. The van der Waals surface area contributed by atoms with Crippen molar-refractivity contribution in [1.82, 2.24) is 14.8 Å². The number of rotatable bonds is 4. The molecular formula is C16H18ClN5O. The summed E-state index contributed by atoms with van der Waals surface area (Å²) >= 11 is 5.92. The molecule has 0 aromatic carbocycles. The summed E-state index contributed by atoms with van der Waals surface area (Å²) in [6, 6.07) is 5.84. The fourth-order valence-corrected chi connectivity index (χ4v) is 2.79. The molecule has 0 aliphatic carbocycles. The predicted molar refractivity (Wildman–Crippen MR) is 87.3 cm³/mol. The van der Waals surface area contributed by atoms with Crippen LogP contribution in [0.2, 0.25) is 5.02 Å². The number of hydrogen-bond donors (Lipinski definition) is 1.